The standard InChI is InChI=1S/C13H24N2O4/c1-4-17-13(18-5-2,19-6-3)12-14-8-10-15(12)9-7-11-16/h8,10,16H,4-7,9,11H2,1-3H3. The summed E-state index contributed by atoms with van der Waals surface area (Å²) in [6, 6.07) is 0. The molecule has 0 saturated carbocycles. The molecule has 0 fully saturated rings. The second-order valence-corrected chi connectivity index (χ2v) is 3.88. The highest BCUT2D eigenvalue weighted by Gasteiger charge is 2.39. The van der Waals surface area contributed by atoms with Gasteiger partial charge in [-0.15, -0.1) is 0 Å². The lowest BCUT2D eigenvalue weighted by Gasteiger charge is -2.31. The maximum Gasteiger partial charge on any atom is 0.346 e. The monoisotopic (exact) mass is 272 g/mol. The van der Waals surface area contributed by atoms with Crippen LogP contribution in [-0.2, 0) is 26.7 Å². The lowest BCUT2D eigenvalue weighted by Crippen LogP contribution is -2.39. The Morgan fingerprint density at radius 1 is 1.16 bits per heavy atom. The van der Waals surface area contributed by atoms with E-state index in [4.69, 9.17) is 19.3 Å². The largest absolute Gasteiger partial charge is 0.396 e. The molecule has 0 aliphatic rings. The van der Waals surface area contributed by atoms with Gasteiger partial charge >= 0.3 is 5.97 Å². The molecule has 1 rings (SSSR count). The molecular formula is C13H24N2O4. The third-order valence-electron chi connectivity index (χ3n) is 2.55. The third-order valence-corrected chi connectivity index (χ3v) is 2.55. The van der Waals surface area contributed by atoms with Crippen LogP contribution in [0, 0.1) is 0 Å². The van der Waals surface area contributed by atoms with E-state index in [1.807, 2.05) is 31.5 Å². The maximum atomic E-state index is 8.94. The summed E-state index contributed by atoms with van der Waals surface area (Å²) < 4.78 is 18.9. The molecule has 0 aromatic carbocycles. The lowest BCUT2D eigenvalue weighted by molar-refractivity contribution is -0.394. The van der Waals surface area contributed by atoms with E-state index < -0.39 is 5.97 Å². The number of aliphatic hydroxyl groups is 1. The molecule has 0 bridgehead atoms. The van der Waals surface area contributed by atoms with Crippen molar-refractivity contribution in [3.8, 4) is 0 Å². The summed E-state index contributed by atoms with van der Waals surface area (Å²) >= 11 is 0. The van der Waals surface area contributed by atoms with Gasteiger partial charge in [0.15, 0.2) is 5.82 Å². The van der Waals surface area contributed by atoms with Gasteiger partial charge in [0.2, 0.25) is 0 Å². The number of hydrogen-bond acceptors (Lipinski definition) is 5. The number of hydrogen-bond donors (Lipinski definition) is 1. The van der Waals surface area contributed by atoms with Gasteiger partial charge in [-0.25, -0.2) is 4.98 Å². The minimum absolute atomic E-state index is 0.128. The van der Waals surface area contributed by atoms with Gasteiger partial charge in [0.1, 0.15) is 0 Å². The summed E-state index contributed by atoms with van der Waals surface area (Å²) in [4.78, 5) is 4.30. The van der Waals surface area contributed by atoms with Crippen LogP contribution < -0.4 is 0 Å². The molecule has 110 valence electrons. The van der Waals surface area contributed by atoms with E-state index in [-0.39, 0.29) is 6.61 Å². The number of aryl methyl sites for hydroxylation is 1. The van der Waals surface area contributed by atoms with E-state index in [9.17, 15) is 0 Å². The first kappa shape index (κ1) is 16.1. The van der Waals surface area contributed by atoms with Crippen LogP contribution in [0.5, 0.6) is 0 Å². The molecule has 1 N–H and O–H groups in total. The van der Waals surface area contributed by atoms with Gasteiger partial charge in [0.25, 0.3) is 0 Å². The van der Waals surface area contributed by atoms with Crippen LogP contribution in [0.4, 0.5) is 0 Å². The summed E-state index contributed by atoms with van der Waals surface area (Å²) in [5.41, 5.74) is 0. The molecule has 0 aliphatic heterocycles. The Kier molecular flexibility index (Phi) is 7.01. The van der Waals surface area contributed by atoms with Crippen LogP contribution in [0.25, 0.3) is 0 Å². The molecule has 19 heavy (non-hydrogen) atoms. The van der Waals surface area contributed by atoms with Crippen molar-refractivity contribution in [3.63, 3.8) is 0 Å². The number of aliphatic hydroxyl groups excluding tert-OH is 1. The van der Waals surface area contributed by atoms with Gasteiger partial charge < -0.3 is 23.9 Å². The van der Waals surface area contributed by atoms with Crippen LogP contribution in [0.2, 0.25) is 0 Å². The first-order valence-electron chi connectivity index (χ1n) is 6.78. The highest BCUT2D eigenvalue weighted by atomic mass is 16.9. The molecule has 1 aromatic rings. The third kappa shape index (κ3) is 4.01. The minimum Gasteiger partial charge on any atom is -0.396 e. The van der Waals surface area contributed by atoms with Crippen molar-refractivity contribution < 1.29 is 19.3 Å². The predicted octanol–water partition coefficient (Wildman–Crippen LogP) is 1.49. The zero-order chi connectivity index (χ0) is 14.1. The summed E-state index contributed by atoms with van der Waals surface area (Å²) in [7, 11) is 0. The Bertz CT molecular complexity index is 337. The fourth-order valence-electron chi connectivity index (χ4n) is 1.89. The fourth-order valence-corrected chi connectivity index (χ4v) is 1.89. The molecule has 1 aromatic heterocycles. The van der Waals surface area contributed by atoms with Crippen molar-refractivity contribution in [1.29, 1.82) is 0 Å². The number of ether oxygens (including phenoxy) is 3. The maximum absolute atomic E-state index is 8.94. The molecule has 0 atom stereocenters. The van der Waals surface area contributed by atoms with Gasteiger partial charge in [0.05, 0.1) is 19.8 Å². The van der Waals surface area contributed by atoms with E-state index in [0.717, 1.165) is 0 Å². The van der Waals surface area contributed by atoms with Crippen molar-refractivity contribution in [3.05, 3.63) is 18.2 Å². The molecule has 0 radical (unpaired) electrons. The normalized spacial score (nSPS) is 12.0. The predicted molar refractivity (Wildman–Crippen MR) is 70.5 cm³/mol. The van der Waals surface area contributed by atoms with E-state index in [0.29, 0.717) is 38.6 Å². The highest BCUT2D eigenvalue weighted by Crippen LogP contribution is 2.28. The quantitative estimate of drug-likeness (QED) is 0.654. The average Bonchev–Trinajstić information content (AvgIpc) is 2.86. The van der Waals surface area contributed by atoms with Crippen molar-refractivity contribution in [2.75, 3.05) is 26.4 Å². The molecule has 0 spiro atoms. The molecule has 0 aliphatic carbocycles. The van der Waals surface area contributed by atoms with Crippen LogP contribution in [0.3, 0.4) is 0 Å². The van der Waals surface area contributed by atoms with Crippen molar-refractivity contribution in [2.24, 2.45) is 0 Å². The Morgan fingerprint density at radius 3 is 2.21 bits per heavy atom. The summed E-state index contributed by atoms with van der Waals surface area (Å²) in [6.45, 7) is 7.77. The Labute approximate surface area is 114 Å². The van der Waals surface area contributed by atoms with E-state index in [2.05, 4.69) is 4.98 Å². The van der Waals surface area contributed by atoms with Gasteiger partial charge in [-0.3, -0.25) is 0 Å². The van der Waals surface area contributed by atoms with Gasteiger partial charge in [0, 0.05) is 25.5 Å². The van der Waals surface area contributed by atoms with Crippen molar-refractivity contribution >= 4 is 0 Å². The highest BCUT2D eigenvalue weighted by molar-refractivity contribution is 4.98. The summed E-state index contributed by atoms with van der Waals surface area (Å²) in [5, 5.41) is 8.94. The van der Waals surface area contributed by atoms with Crippen molar-refractivity contribution in [1.82, 2.24) is 9.55 Å². The molecular weight excluding hydrogens is 248 g/mol. The molecule has 6 nitrogen and oxygen atoms in total. The topological polar surface area (TPSA) is 65.7 Å². The zero-order valence-corrected chi connectivity index (χ0v) is 12.0. The Morgan fingerprint density at radius 2 is 1.74 bits per heavy atom. The fraction of sp³-hybridized carbons (Fsp3) is 0.769. The van der Waals surface area contributed by atoms with E-state index >= 15 is 0 Å². The number of aromatic nitrogens is 2. The molecule has 0 unspecified atom stereocenters. The van der Waals surface area contributed by atoms with Crippen LogP contribution >= 0.6 is 0 Å². The average molecular weight is 272 g/mol. The SMILES string of the molecule is CCOC(OCC)(OCC)c1nccn1CCCO. The van der Waals surface area contributed by atoms with Crippen LogP contribution in [0.15, 0.2) is 12.4 Å². The molecule has 0 amide bonds. The Balaban J connectivity index is 3.03. The van der Waals surface area contributed by atoms with Gasteiger partial charge in [-0.05, 0) is 27.2 Å². The molecule has 1 heterocycles. The van der Waals surface area contributed by atoms with Crippen molar-refractivity contribution in [2.45, 2.75) is 39.7 Å². The van der Waals surface area contributed by atoms with E-state index in [1.54, 1.807) is 6.20 Å². The zero-order valence-electron chi connectivity index (χ0n) is 12.0. The van der Waals surface area contributed by atoms with E-state index in [1.165, 1.54) is 0 Å². The van der Waals surface area contributed by atoms with Gasteiger partial charge in [-0.1, -0.05) is 0 Å². The second-order valence-electron chi connectivity index (χ2n) is 3.88. The number of imidazole rings is 1. The number of nitrogens with zero attached hydrogens (tertiary/aromatic N) is 2. The molecule has 0 saturated heterocycles. The van der Waals surface area contributed by atoms with Gasteiger partial charge in [-0.2, -0.15) is 0 Å². The lowest BCUT2D eigenvalue weighted by atomic mass is 10.4. The number of rotatable bonds is 10. The molecule has 6 heteroatoms. The Hall–Kier alpha value is -0.950. The first-order chi connectivity index (χ1) is 9.24. The van der Waals surface area contributed by atoms with Crippen LogP contribution in [0.1, 0.15) is 33.0 Å². The minimum atomic E-state index is -1.27. The second kappa shape index (κ2) is 8.27. The first-order valence-corrected chi connectivity index (χ1v) is 6.78. The van der Waals surface area contributed by atoms with Crippen LogP contribution in [-0.4, -0.2) is 41.1 Å². The summed E-state index contributed by atoms with van der Waals surface area (Å²) in [5.74, 6) is -0.691. The summed E-state index contributed by atoms with van der Waals surface area (Å²) in [6.07, 6.45) is 4.15. The smallest absolute Gasteiger partial charge is 0.346 e.